The van der Waals surface area contributed by atoms with Crippen molar-refractivity contribution in [2.75, 3.05) is 23.4 Å². The molecule has 0 fully saturated rings. The summed E-state index contributed by atoms with van der Waals surface area (Å²) in [5.41, 5.74) is 2.14. The number of carbonyl (C=O) groups excluding carboxylic acids is 3. The van der Waals surface area contributed by atoms with Crippen molar-refractivity contribution in [1.29, 1.82) is 0 Å². The van der Waals surface area contributed by atoms with E-state index in [0.717, 1.165) is 5.39 Å². The number of amides is 2. The Labute approximate surface area is 153 Å². The number of rotatable bonds is 4. The molecular weight excluding hydrogens is 350 g/mol. The van der Waals surface area contributed by atoms with Gasteiger partial charge in [-0.3, -0.25) is 19.3 Å². The fraction of sp³-hybridized carbons (Fsp3) is 0.158. The summed E-state index contributed by atoms with van der Waals surface area (Å²) in [5.74, 6) is -1.38. The molecule has 0 unspecified atom stereocenters. The molecule has 0 radical (unpaired) electrons. The molecule has 2 heterocycles. The van der Waals surface area contributed by atoms with E-state index in [2.05, 4.69) is 10.5 Å². The molecule has 0 aliphatic carbocycles. The summed E-state index contributed by atoms with van der Waals surface area (Å²) in [6.45, 7) is -0.586. The molecule has 0 saturated heterocycles. The Balaban J connectivity index is 1.41. The van der Waals surface area contributed by atoms with Gasteiger partial charge in [0.15, 0.2) is 12.2 Å². The van der Waals surface area contributed by atoms with Gasteiger partial charge in [-0.25, -0.2) is 0 Å². The molecular formula is C19H15N3O5. The Morgan fingerprint density at radius 2 is 1.93 bits per heavy atom. The van der Waals surface area contributed by atoms with E-state index < -0.39 is 18.5 Å². The average Bonchev–Trinajstić information content (AvgIpc) is 3.08. The van der Waals surface area contributed by atoms with Crippen molar-refractivity contribution in [2.24, 2.45) is 0 Å². The van der Waals surface area contributed by atoms with Gasteiger partial charge >= 0.3 is 5.97 Å². The molecule has 1 aliphatic rings. The number of nitrogens with zero attached hydrogens (tertiary/aromatic N) is 2. The number of carbonyl (C=O) groups is 3. The molecule has 1 aliphatic heterocycles. The van der Waals surface area contributed by atoms with Gasteiger partial charge in [0.25, 0.3) is 5.91 Å². The second-order valence-corrected chi connectivity index (χ2v) is 6.01. The van der Waals surface area contributed by atoms with Crippen LogP contribution < -0.4 is 10.2 Å². The number of benzene rings is 2. The number of anilines is 2. The van der Waals surface area contributed by atoms with Crippen LogP contribution in [0, 0.1) is 0 Å². The largest absolute Gasteiger partial charge is 0.455 e. The van der Waals surface area contributed by atoms with Gasteiger partial charge in [-0.15, -0.1) is 0 Å². The standard InChI is InChI=1S/C19H15N3O5/c23-17-10-22(15-7-3-2-6-13(15)20-17)18(24)11-26-19(25)9-14-12-5-1-4-8-16(12)27-21-14/h1-8H,9-11H2,(H,20,23). The number of esters is 1. The minimum Gasteiger partial charge on any atom is -0.455 e. The van der Waals surface area contributed by atoms with Gasteiger partial charge < -0.3 is 14.6 Å². The first kappa shape index (κ1) is 16.8. The van der Waals surface area contributed by atoms with Crippen LogP contribution in [0.15, 0.2) is 53.1 Å². The molecule has 4 rings (SSSR count). The maximum atomic E-state index is 12.5. The van der Waals surface area contributed by atoms with Crippen molar-refractivity contribution in [3.8, 4) is 0 Å². The molecule has 0 spiro atoms. The van der Waals surface area contributed by atoms with Crippen LogP contribution >= 0.6 is 0 Å². The van der Waals surface area contributed by atoms with E-state index in [0.29, 0.717) is 22.7 Å². The van der Waals surface area contributed by atoms with Gasteiger partial charge in [0.05, 0.1) is 17.8 Å². The summed E-state index contributed by atoms with van der Waals surface area (Å²) in [7, 11) is 0. The van der Waals surface area contributed by atoms with E-state index in [-0.39, 0.29) is 18.9 Å². The molecule has 3 aromatic rings. The van der Waals surface area contributed by atoms with Crippen LogP contribution in [0.2, 0.25) is 0 Å². The second-order valence-electron chi connectivity index (χ2n) is 6.01. The molecule has 8 nitrogen and oxygen atoms in total. The Hall–Kier alpha value is -3.68. The zero-order chi connectivity index (χ0) is 18.8. The number of aromatic nitrogens is 1. The summed E-state index contributed by atoms with van der Waals surface area (Å²) in [6.07, 6.45) is -0.110. The lowest BCUT2D eigenvalue weighted by molar-refractivity contribution is -0.147. The van der Waals surface area contributed by atoms with Gasteiger partial charge in [0.2, 0.25) is 5.91 Å². The summed E-state index contributed by atoms with van der Waals surface area (Å²) in [4.78, 5) is 37.6. The van der Waals surface area contributed by atoms with E-state index in [1.165, 1.54) is 4.90 Å². The molecule has 8 heteroatoms. The number of nitrogens with one attached hydrogen (secondary N) is 1. The van der Waals surface area contributed by atoms with E-state index in [1.807, 2.05) is 6.07 Å². The zero-order valence-corrected chi connectivity index (χ0v) is 14.2. The fourth-order valence-corrected chi connectivity index (χ4v) is 2.93. The molecule has 136 valence electrons. The average molecular weight is 365 g/mol. The number of hydrogen-bond donors (Lipinski definition) is 1. The van der Waals surface area contributed by atoms with E-state index in [9.17, 15) is 14.4 Å². The van der Waals surface area contributed by atoms with Crippen molar-refractivity contribution in [1.82, 2.24) is 5.16 Å². The lowest BCUT2D eigenvalue weighted by Crippen LogP contribution is -2.44. The highest BCUT2D eigenvalue weighted by molar-refractivity contribution is 6.10. The van der Waals surface area contributed by atoms with Gasteiger partial charge in [-0.1, -0.05) is 29.4 Å². The molecule has 27 heavy (non-hydrogen) atoms. The summed E-state index contributed by atoms with van der Waals surface area (Å²) in [6, 6.07) is 14.1. The normalized spacial score (nSPS) is 13.2. The summed E-state index contributed by atoms with van der Waals surface area (Å²) in [5, 5.41) is 7.29. The monoisotopic (exact) mass is 365 g/mol. The van der Waals surface area contributed by atoms with Crippen molar-refractivity contribution in [2.45, 2.75) is 6.42 Å². The van der Waals surface area contributed by atoms with Crippen molar-refractivity contribution < 1.29 is 23.6 Å². The van der Waals surface area contributed by atoms with Crippen molar-refractivity contribution >= 4 is 40.1 Å². The topological polar surface area (TPSA) is 102 Å². The molecule has 0 atom stereocenters. The van der Waals surface area contributed by atoms with Crippen LogP contribution in [0.4, 0.5) is 11.4 Å². The highest BCUT2D eigenvalue weighted by Gasteiger charge is 2.27. The van der Waals surface area contributed by atoms with Crippen LogP contribution in [0.5, 0.6) is 0 Å². The first-order chi connectivity index (χ1) is 13.1. The second kappa shape index (κ2) is 6.91. The van der Waals surface area contributed by atoms with Crippen LogP contribution in [0.25, 0.3) is 11.0 Å². The highest BCUT2D eigenvalue weighted by Crippen LogP contribution is 2.28. The third-order valence-corrected chi connectivity index (χ3v) is 4.19. The van der Waals surface area contributed by atoms with Crippen molar-refractivity contribution in [3.05, 3.63) is 54.2 Å². The maximum Gasteiger partial charge on any atom is 0.312 e. The van der Waals surface area contributed by atoms with Gasteiger partial charge in [-0.05, 0) is 24.3 Å². The summed E-state index contributed by atoms with van der Waals surface area (Å²) >= 11 is 0. The third kappa shape index (κ3) is 3.37. The smallest absolute Gasteiger partial charge is 0.312 e. The Kier molecular flexibility index (Phi) is 4.29. The zero-order valence-electron chi connectivity index (χ0n) is 14.2. The predicted molar refractivity (Wildman–Crippen MR) is 96.1 cm³/mol. The Morgan fingerprint density at radius 1 is 1.15 bits per heavy atom. The van der Waals surface area contributed by atoms with E-state index in [1.54, 1.807) is 42.5 Å². The minimum absolute atomic E-state index is 0.110. The SMILES string of the molecule is O=C1CN(C(=O)COC(=O)Cc2noc3ccccc23)c2ccccc2N1. The highest BCUT2D eigenvalue weighted by atomic mass is 16.5. The van der Waals surface area contributed by atoms with E-state index in [4.69, 9.17) is 9.26 Å². The van der Waals surface area contributed by atoms with Crippen molar-refractivity contribution in [3.63, 3.8) is 0 Å². The number of hydrogen-bond acceptors (Lipinski definition) is 6. The lowest BCUT2D eigenvalue weighted by atomic mass is 10.2. The molecule has 1 N–H and O–H groups in total. The van der Waals surface area contributed by atoms with Gasteiger partial charge in [0, 0.05) is 5.39 Å². The fourth-order valence-electron chi connectivity index (χ4n) is 2.93. The lowest BCUT2D eigenvalue weighted by Gasteiger charge is -2.28. The van der Waals surface area contributed by atoms with Crippen LogP contribution in [-0.2, 0) is 25.5 Å². The molecule has 2 aromatic carbocycles. The van der Waals surface area contributed by atoms with Gasteiger partial charge in [0.1, 0.15) is 12.2 Å². The predicted octanol–water partition coefficient (Wildman–Crippen LogP) is 1.90. The number of ether oxygens (including phenoxy) is 1. The first-order valence-corrected chi connectivity index (χ1v) is 8.30. The van der Waals surface area contributed by atoms with E-state index >= 15 is 0 Å². The van der Waals surface area contributed by atoms with Crippen LogP contribution in [0.3, 0.4) is 0 Å². The van der Waals surface area contributed by atoms with Crippen LogP contribution in [0.1, 0.15) is 5.69 Å². The first-order valence-electron chi connectivity index (χ1n) is 8.30. The quantitative estimate of drug-likeness (QED) is 0.709. The summed E-state index contributed by atoms with van der Waals surface area (Å²) < 4.78 is 10.2. The maximum absolute atomic E-state index is 12.5. The van der Waals surface area contributed by atoms with Crippen LogP contribution in [-0.4, -0.2) is 36.1 Å². The number of fused-ring (bicyclic) bond motifs is 2. The Morgan fingerprint density at radius 3 is 2.81 bits per heavy atom. The minimum atomic E-state index is -0.600. The number of para-hydroxylation sites is 3. The molecule has 0 bridgehead atoms. The Bertz CT molecular complexity index is 1040. The third-order valence-electron chi connectivity index (χ3n) is 4.19. The van der Waals surface area contributed by atoms with Gasteiger partial charge in [-0.2, -0.15) is 0 Å². The molecule has 0 saturated carbocycles. The molecule has 2 amide bonds. The molecule has 1 aromatic heterocycles.